The Balaban J connectivity index is 1.54. The summed E-state index contributed by atoms with van der Waals surface area (Å²) < 4.78 is -0.0831. The van der Waals surface area contributed by atoms with Gasteiger partial charge in [0.1, 0.15) is 0 Å². The zero-order valence-corrected chi connectivity index (χ0v) is 24.9. The molecule has 7 heteroatoms. The maximum absolute atomic E-state index is 14.0. The first-order chi connectivity index (χ1) is 13.2. The Labute approximate surface area is 215 Å². The van der Waals surface area contributed by atoms with Gasteiger partial charge in [-0.1, -0.05) is 67.8 Å². The van der Waals surface area contributed by atoms with Crippen molar-refractivity contribution in [2.75, 3.05) is 0 Å². The predicted octanol–water partition coefficient (Wildman–Crippen LogP) is 4.69. The topological polar surface area (TPSA) is 40.6 Å². The van der Waals surface area contributed by atoms with Crippen molar-refractivity contribution in [3.63, 3.8) is 0 Å². The molecule has 8 atom stereocenters. The van der Waals surface area contributed by atoms with E-state index in [1.807, 2.05) is 0 Å². The highest BCUT2D eigenvalue weighted by molar-refractivity contribution is 14.1. The van der Waals surface area contributed by atoms with Crippen molar-refractivity contribution in [3.8, 4) is 0 Å². The van der Waals surface area contributed by atoms with Crippen LogP contribution in [0.5, 0.6) is 0 Å². The Bertz CT molecular complexity index is 845. The fraction of sp³-hybridized carbons (Fsp3) is 0.909. The SMILES string of the molecule is CC(C)N(C(=O)C12C3C4C1(I)C1(I)C2C3(I)C41C(=O)N(C(C)C)C(C)C)C(C)C. The first-order valence-electron chi connectivity index (χ1n) is 10.9. The monoisotopic (exact) mass is 736 g/mol. The number of carbonyl (C=O) groups excluding carboxylic acids is 2. The third kappa shape index (κ3) is 1.51. The van der Waals surface area contributed by atoms with Crippen molar-refractivity contribution in [2.45, 2.75) is 89.8 Å². The van der Waals surface area contributed by atoms with E-state index in [2.05, 4.69) is 133 Å². The molecule has 0 aromatic carbocycles. The molecule has 29 heavy (non-hydrogen) atoms. The standard InChI is InChI=1S/C22H31I3N2O2/c1-9(2)26(10(3)4)16(28)18-13-14-19(17(29)27(11(5)6)12(7)8)20(13,23)15(18)22(19,25)21(14,18)24/h9-15H,1-8H3. The average Bonchev–Trinajstić information content (AvgIpc) is 2.56. The highest BCUT2D eigenvalue weighted by atomic mass is 127. The number of amides is 2. The fourth-order valence-electron chi connectivity index (χ4n) is 8.96. The van der Waals surface area contributed by atoms with Crippen LogP contribution < -0.4 is 0 Å². The summed E-state index contributed by atoms with van der Waals surface area (Å²) in [5.74, 6) is 1.86. The number of halogens is 3. The molecule has 6 aliphatic carbocycles. The minimum absolute atomic E-state index is 0.00204. The zero-order valence-electron chi connectivity index (χ0n) is 18.4. The Morgan fingerprint density at radius 1 is 0.690 bits per heavy atom. The smallest absolute Gasteiger partial charge is 0.232 e. The lowest BCUT2D eigenvalue weighted by Gasteiger charge is -3.17. The van der Waals surface area contributed by atoms with Gasteiger partial charge in [-0.25, -0.2) is 0 Å². The second-order valence-corrected chi connectivity index (χ2v) is 16.2. The number of carbonyl (C=O) groups is 2. The van der Waals surface area contributed by atoms with E-state index in [1.54, 1.807) is 0 Å². The highest BCUT2D eigenvalue weighted by Gasteiger charge is 3.27. The van der Waals surface area contributed by atoms with Crippen molar-refractivity contribution in [1.29, 1.82) is 0 Å². The molecule has 0 aliphatic heterocycles. The van der Waals surface area contributed by atoms with Crippen molar-refractivity contribution < 1.29 is 9.59 Å². The Morgan fingerprint density at radius 3 is 1.48 bits per heavy atom. The number of rotatable bonds is 6. The molecule has 0 N–H and O–H groups in total. The molecule has 0 radical (unpaired) electrons. The second-order valence-electron chi connectivity index (χ2n) is 11.1. The van der Waals surface area contributed by atoms with Crippen molar-refractivity contribution in [3.05, 3.63) is 0 Å². The van der Waals surface area contributed by atoms with Crippen LogP contribution in [0.15, 0.2) is 0 Å². The van der Waals surface area contributed by atoms with E-state index in [-0.39, 0.29) is 45.3 Å². The molecule has 162 valence electrons. The highest BCUT2D eigenvalue weighted by Crippen LogP contribution is 3.19. The van der Waals surface area contributed by atoms with E-state index in [0.29, 0.717) is 29.6 Å². The van der Waals surface area contributed by atoms with Crippen LogP contribution in [0.2, 0.25) is 0 Å². The van der Waals surface area contributed by atoms with Gasteiger partial charge >= 0.3 is 0 Å². The molecule has 2 amide bonds. The molecule has 6 saturated carbocycles. The summed E-state index contributed by atoms with van der Waals surface area (Å²) in [5, 5.41) is 0. The minimum Gasteiger partial charge on any atom is -0.337 e. The van der Waals surface area contributed by atoms with Crippen LogP contribution >= 0.6 is 67.8 Å². The van der Waals surface area contributed by atoms with Crippen molar-refractivity contribution in [2.24, 2.45) is 28.6 Å². The van der Waals surface area contributed by atoms with Gasteiger partial charge in [0.25, 0.3) is 0 Å². The van der Waals surface area contributed by atoms with Crippen molar-refractivity contribution in [1.82, 2.24) is 9.80 Å². The molecule has 6 rings (SSSR count). The van der Waals surface area contributed by atoms with E-state index >= 15 is 0 Å². The van der Waals surface area contributed by atoms with Crippen LogP contribution in [-0.2, 0) is 9.59 Å². The van der Waals surface area contributed by atoms with E-state index < -0.39 is 0 Å². The van der Waals surface area contributed by atoms with E-state index in [4.69, 9.17) is 0 Å². The van der Waals surface area contributed by atoms with Gasteiger partial charge in [0.15, 0.2) is 0 Å². The van der Waals surface area contributed by atoms with Crippen LogP contribution in [0.4, 0.5) is 0 Å². The second kappa shape index (κ2) is 5.60. The summed E-state index contributed by atoms with van der Waals surface area (Å²) in [6, 6.07) is 0.848. The average molecular weight is 736 g/mol. The van der Waals surface area contributed by atoms with Gasteiger partial charge in [-0.05, 0) is 67.2 Å². The van der Waals surface area contributed by atoms with Gasteiger partial charge in [0.05, 0.1) is 17.7 Å². The summed E-state index contributed by atoms with van der Waals surface area (Å²) in [4.78, 5) is 32.2. The third-order valence-electron chi connectivity index (χ3n) is 9.14. The van der Waals surface area contributed by atoms with Gasteiger partial charge in [-0.15, -0.1) is 0 Å². The Morgan fingerprint density at radius 2 is 1.10 bits per heavy atom. The predicted molar refractivity (Wildman–Crippen MR) is 140 cm³/mol. The largest absolute Gasteiger partial charge is 0.337 e. The Hall–Kier alpha value is 1.13. The fourth-order valence-corrected chi connectivity index (χ4v) is 18.1. The quantitative estimate of drug-likeness (QED) is 0.294. The molecule has 6 fully saturated rings. The summed E-state index contributed by atoms with van der Waals surface area (Å²) in [6.07, 6.45) is 0. The lowest BCUT2D eigenvalue weighted by Crippen LogP contribution is -3.28. The Kier molecular flexibility index (Phi) is 4.24. The maximum atomic E-state index is 14.0. The summed E-state index contributed by atoms with van der Waals surface area (Å²) >= 11 is 7.87. The molecular weight excluding hydrogens is 705 g/mol. The van der Waals surface area contributed by atoms with Gasteiger partial charge in [0.2, 0.25) is 11.8 Å². The number of hydrogen-bond donors (Lipinski definition) is 0. The number of hydrogen-bond acceptors (Lipinski definition) is 2. The van der Waals surface area contributed by atoms with Crippen LogP contribution in [-0.4, -0.2) is 56.0 Å². The lowest BCUT2D eigenvalue weighted by molar-refractivity contribution is -0.550. The molecule has 8 unspecified atom stereocenters. The molecule has 4 nitrogen and oxygen atoms in total. The van der Waals surface area contributed by atoms with Crippen LogP contribution in [0.3, 0.4) is 0 Å². The van der Waals surface area contributed by atoms with E-state index in [0.717, 1.165) is 0 Å². The number of alkyl halides is 3. The van der Waals surface area contributed by atoms with Gasteiger partial charge in [0, 0.05) is 33.5 Å². The summed E-state index contributed by atoms with van der Waals surface area (Å²) in [7, 11) is 0. The molecular formula is C22H31I3N2O2. The van der Waals surface area contributed by atoms with Gasteiger partial charge < -0.3 is 9.80 Å². The van der Waals surface area contributed by atoms with E-state index in [9.17, 15) is 9.59 Å². The van der Waals surface area contributed by atoms with Gasteiger partial charge in [-0.2, -0.15) is 0 Å². The zero-order chi connectivity index (χ0) is 21.9. The number of nitrogens with zero attached hydrogens (tertiary/aromatic N) is 2. The maximum Gasteiger partial charge on any atom is 0.232 e. The minimum atomic E-state index is -0.241. The lowest BCUT2D eigenvalue weighted by atomic mass is 8.91. The third-order valence-corrected chi connectivity index (χ3v) is 17.1. The van der Waals surface area contributed by atoms with Crippen LogP contribution in [0.1, 0.15) is 55.4 Å². The molecule has 0 spiro atoms. The van der Waals surface area contributed by atoms with Gasteiger partial charge in [-0.3, -0.25) is 9.59 Å². The van der Waals surface area contributed by atoms with Crippen LogP contribution in [0, 0.1) is 28.6 Å². The normalized spacial score (nSPS) is 51.8. The molecule has 0 bridgehead atoms. The summed E-state index contributed by atoms with van der Waals surface area (Å²) in [5.41, 5.74) is -0.452. The van der Waals surface area contributed by atoms with E-state index in [1.165, 1.54) is 0 Å². The van der Waals surface area contributed by atoms with Crippen molar-refractivity contribution >= 4 is 79.6 Å². The summed E-state index contributed by atoms with van der Waals surface area (Å²) in [6.45, 7) is 17.1. The molecule has 0 aromatic rings. The molecule has 0 heterocycles. The first kappa shape index (κ1) is 21.9. The molecule has 6 aliphatic rings. The first-order valence-corrected chi connectivity index (χ1v) is 14.2. The van der Waals surface area contributed by atoms with Crippen LogP contribution in [0.25, 0.3) is 0 Å². The molecule has 0 saturated heterocycles. The molecule has 0 aromatic heterocycles.